The largest absolute Gasteiger partial charge is 0.370 e. The van der Waals surface area contributed by atoms with Gasteiger partial charge in [0.2, 0.25) is 11.3 Å². The first-order valence-electron chi connectivity index (χ1n) is 9.66. The molecule has 0 bridgehead atoms. The molecule has 2 heterocycles. The van der Waals surface area contributed by atoms with Crippen LogP contribution in [0.25, 0.3) is 10.9 Å². The second-order valence-electron chi connectivity index (χ2n) is 7.02. The van der Waals surface area contributed by atoms with E-state index in [0.29, 0.717) is 10.9 Å². The molecule has 1 saturated heterocycles. The number of carbonyl (C=O) groups excluding carboxylic acids is 2. The van der Waals surface area contributed by atoms with Crippen LogP contribution in [-0.4, -0.2) is 36.4 Å². The number of fused-ring (bicyclic) bond motifs is 1. The summed E-state index contributed by atoms with van der Waals surface area (Å²) in [5.41, 5.74) is 1.98. The number of hydrogen-bond donors (Lipinski definition) is 3. The van der Waals surface area contributed by atoms with Gasteiger partial charge in [0.25, 0.3) is 5.91 Å². The number of nitrogens with zero attached hydrogens (tertiary/aromatic N) is 1. The molecule has 2 amide bonds. The number of para-hydroxylation sites is 3. The van der Waals surface area contributed by atoms with Crippen molar-refractivity contribution in [1.82, 2.24) is 10.3 Å². The van der Waals surface area contributed by atoms with Crippen molar-refractivity contribution in [2.24, 2.45) is 0 Å². The van der Waals surface area contributed by atoms with Crippen molar-refractivity contribution >= 4 is 34.1 Å². The molecule has 1 fully saturated rings. The van der Waals surface area contributed by atoms with Gasteiger partial charge in [0.1, 0.15) is 5.56 Å². The van der Waals surface area contributed by atoms with Gasteiger partial charge in [-0.1, -0.05) is 24.3 Å². The average Bonchev–Trinajstić information content (AvgIpc) is 3.28. The third-order valence-electron chi connectivity index (χ3n) is 5.07. The highest BCUT2D eigenvalue weighted by molar-refractivity contribution is 6.01. The Morgan fingerprint density at radius 1 is 1.00 bits per heavy atom. The average molecular weight is 390 g/mol. The Kier molecular flexibility index (Phi) is 5.29. The summed E-state index contributed by atoms with van der Waals surface area (Å²) in [6.45, 7) is 1.71. The first-order valence-corrected chi connectivity index (χ1v) is 9.66. The van der Waals surface area contributed by atoms with Crippen molar-refractivity contribution in [1.29, 1.82) is 0 Å². The normalized spacial score (nSPS) is 13.4. The maximum Gasteiger partial charge on any atom is 0.257 e. The Morgan fingerprint density at radius 3 is 2.55 bits per heavy atom. The Labute approximate surface area is 167 Å². The molecule has 3 aromatic rings. The van der Waals surface area contributed by atoms with E-state index in [1.54, 1.807) is 18.2 Å². The van der Waals surface area contributed by atoms with Crippen molar-refractivity contribution in [3.05, 3.63) is 70.5 Å². The number of pyridine rings is 1. The summed E-state index contributed by atoms with van der Waals surface area (Å²) in [6, 6.07) is 14.6. The van der Waals surface area contributed by atoms with Gasteiger partial charge >= 0.3 is 0 Å². The number of rotatable bonds is 5. The van der Waals surface area contributed by atoms with Crippen molar-refractivity contribution in [2.45, 2.75) is 12.8 Å². The van der Waals surface area contributed by atoms with Crippen LogP contribution in [0.5, 0.6) is 0 Å². The zero-order chi connectivity index (χ0) is 20.2. The van der Waals surface area contributed by atoms with Gasteiger partial charge in [0, 0.05) is 30.2 Å². The van der Waals surface area contributed by atoms with Crippen LogP contribution in [0, 0.1) is 0 Å². The summed E-state index contributed by atoms with van der Waals surface area (Å²) in [6.07, 6.45) is 3.65. The number of anilines is 2. The lowest BCUT2D eigenvalue weighted by Gasteiger charge is -2.21. The van der Waals surface area contributed by atoms with Crippen LogP contribution >= 0.6 is 0 Å². The summed E-state index contributed by atoms with van der Waals surface area (Å²) >= 11 is 0. The lowest BCUT2D eigenvalue weighted by molar-refractivity contribution is -0.115. The van der Waals surface area contributed by atoms with Crippen LogP contribution in [0.1, 0.15) is 23.2 Å². The number of aromatic amines is 1. The van der Waals surface area contributed by atoms with Crippen molar-refractivity contribution in [3.8, 4) is 0 Å². The molecule has 3 N–H and O–H groups in total. The molecule has 1 aliphatic heterocycles. The molecule has 2 aromatic carbocycles. The van der Waals surface area contributed by atoms with Crippen LogP contribution in [-0.2, 0) is 4.79 Å². The van der Waals surface area contributed by atoms with Gasteiger partial charge in [-0.2, -0.15) is 0 Å². The molecule has 4 rings (SSSR count). The highest BCUT2D eigenvalue weighted by Crippen LogP contribution is 2.28. The molecule has 0 spiro atoms. The molecule has 0 atom stereocenters. The van der Waals surface area contributed by atoms with Crippen LogP contribution in [0.4, 0.5) is 11.4 Å². The van der Waals surface area contributed by atoms with Gasteiger partial charge in [-0.05, 0) is 37.1 Å². The summed E-state index contributed by atoms with van der Waals surface area (Å²) in [4.78, 5) is 42.5. The number of H-pyrrole nitrogens is 1. The highest BCUT2D eigenvalue weighted by atomic mass is 16.2. The lowest BCUT2D eigenvalue weighted by atomic mass is 10.1. The Morgan fingerprint density at radius 2 is 1.72 bits per heavy atom. The SMILES string of the molecule is O=C(CNC(=O)c1c[nH]c2ccccc2c1=O)Nc1ccccc1N1CCCC1. The third-order valence-corrected chi connectivity index (χ3v) is 5.07. The van der Waals surface area contributed by atoms with Crippen molar-refractivity contribution < 1.29 is 9.59 Å². The first kappa shape index (κ1) is 18.7. The molecule has 0 aliphatic carbocycles. The monoisotopic (exact) mass is 390 g/mol. The van der Waals surface area contributed by atoms with Gasteiger partial charge in [-0.25, -0.2) is 0 Å². The topological polar surface area (TPSA) is 94.3 Å². The van der Waals surface area contributed by atoms with Crippen LogP contribution in [0.15, 0.2) is 59.5 Å². The molecule has 7 nitrogen and oxygen atoms in total. The van der Waals surface area contributed by atoms with E-state index < -0.39 is 5.91 Å². The maximum absolute atomic E-state index is 12.5. The fourth-order valence-corrected chi connectivity index (χ4v) is 3.60. The van der Waals surface area contributed by atoms with Crippen molar-refractivity contribution in [3.63, 3.8) is 0 Å². The smallest absolute Gasteiger partial charge is 0.257 e. The number of aromatic nitrogens is 1. The predicted octanol–water partition coefficient (Wildman–Crippen LogP) is 2.50. The van der Waals surface area contributed by atoms with E-state index in [9.17, 15) is 14.4 Å². The van der Waals surface area contributed by atoms with E-state index in [2.05, 4.69) is 20.5 Å². The second kappa shape index (κ2) is 8.18. The summed E-state index contributed by atoms with van der Waals surface area (Å²) in [5, 5.41) is 5.82. The summed E-state index contributed by atoms with van der Waals surface area (Å²) < 4.78 is 0. The van der Waals surface area contributed by atoms with Crippen molar-refractivity contribution in [2.75, 3.05) is 29.9 Å². The molecule has 1 aromatic heterocycles. The Bertz CT molecular complexity index is 1120. The number of nitrogens with one attached hydrogen (secondary N) is 3. The fraction of sp³-hybridized carbons (Fsp3) is 0.227. The van der Waals surface area contributed by atoms with E-state index >= 15 is 0 Å². The minimum absolute atomic E-state index is 0.0195. The van der Waals surface area contributed by atoms with Gasteiger partial charge in [0.15, 0.2) is 0 Å². The van der Waals surface area contributed by atoms with Gasteiger partial charge in [-0.15, -0.1) is 0 Å². The fourth-order valence-electron chi connectivity index (χ4n) is 3.60. The standard InChI is InChI=1S/C22H22N4O3/c27-20(25-18-9-3-4-10-19(18)26-11-5-6-12-26)14-24-22(29)16-13-23-17-8-2-1-7-15(17)21(16)28/h1-4,7-10,13H,5-6,11-12,14H2,(H,23,28)(H,24,29)(H,25,27). The number of amides is 2. The van der Waals surface area contributed by atoms with E-state index in [4.69, 9.17) is 0 Å². The number of carbonyl (C=O) groups is 2. The van der Waals surface area contributed by atoms with E-state index in [0.717, 1.165) is 37.3 Å². The lowest BCUT2D eigenvalue weighted by Crippen LogP contribution is -2.35. The summed E-state index contributed by atoms with van der Waals surface area (Å²) in [7, 11) is 0. The minimum atomic E-state index is -0.583. The van der Waals surface area contributed by atoms with Crippen LogP contribution in [0.2, 0.25) is 0 Å². The minimum Gasteiger partial charge on any atom is -0.370 e. The zero-order valence-electron chi connectivity index (χ0n) is 15.9. The second-order valence-corrected chi connectivity index (χ2v) is 7.02. The molecule has 0 radical (unpaired) electrons. The van der Waals surface area contributed by atoms with Gasteiger partial charge in [-0.3, -0.25) is 14.4 Å². The summed E-state index contributed by atoms with van der Waals surface area (Å²) in [5.74, 6) is -0.929. The maximum atomic E-state index is 12.5. The molecule has 7 heteroatoms. The highest BCUT2D eigenvalue weighted by Gasteiger charge is 2.17. The molecular formula is C22H22N4O3. The molecular weight excluding hydrogens is 368 g/mol. The van der Waals surface area contributed by atoms with E-state index in [1.165, 1.54) is 6.20 Å². The quantitative estimate of drug-likeness (QED) is 0.624. The van der Waals surface area contributed by atoms with Crippen LogP contribution in [0.3, 0.4) is 0 Å². The first-order chi connectivity index (χ1) is 14.1. The van der Waals surface area contributed by atoms with E-state index in [-0.39, 0.29) is 23.4 Å². The Hall–Kier alpha value is -3.61. The Balaban J connectivity index is 1.42. The number of benzene rings is 2. The molecule has 148 valence electrons. The molecule has 0 saturated carbocycles. The zero-order valence-corrected chi connectivity index (χ0v) is 15.9. The van der Waals surface area contributed by atoms with Gasteiger partial charge in [0.05, 0.1) is 17.9 Å². The molecule has 1 aliphatic rings. The van der Waals surface area contributed by atoms with E-state index in [1.807, 2.05) is 30.3 Å². The molecule has 0 unspecified atom stereocenters. The third kappa shape index (κ3) is 3.99. The van der Waals surface area contributed by atoms with Gasteiger partial charge < -0.3 is 20.5 Å². The molecule has 29 heavy (non-hydrogen) atoms. The van der Waals surface area contributed by atoms with Crippen LogP contribution < -0.4 is 21.0 Å². The predicted molar refractivity (Wildman–Crippen MR) is 113 cm³/mol. The number of hydrogen-bond acceptors (Lipinski definition) is 4.